The Hall–Kier alpha value is -3.74. The molecule has 1 aromatic heterocycles. The van der Waals surface area contributed by atoms with Crippen molar-refractivity contribution in [2.24, 2.45) is 0 Å². The van der Waals surface area contributed by atoms with Crippen molar-refractivity contribution in [3.8, 4) is 0 Å². The fourth-order valence-electron chi connectivity index (χ4n) is 6.93. The lowest BCUT2D eigenvalue weighted by Crippen LogP contribution is -2.61. The van der Waals surface area contributed by atoms with Gasteiger partial charge in [-0.1, -0.05) is 70.4 Å². The van der Waals surface area contributed by atoms with E-state index in [4.69, 9.17) is 23.7 Å². The van der Waals surface area contributed by atoms with Crippen LogP contribution in [0.3, 0.4) is 0 Å². The smallest absolute Gasteiger partial charge is 0.303 e. The van der Waals surface area contributed by atoms with Crippen molar-refractivity contribution in [3.63, 3.8) is 0 Å². The number of aryl methyl sites for hydroxylation is 1. The molecule has 292 valence electrons. The highest BCUT2D eigenvalue weighted by atomic mass is 16.7. The van der Waals surface area contributed by atoms with Crippen molar-refractivity contribution in [2.75, 3.05) is 24.6 Å². The number of carbonyl (C=O) groups excluding carboxylic acids is 4. The molecule has 1 aromatic rings. The lowest BCUT2D eigenvalue weighted by molar-refractivity contribution is -0.268. The summed E-state index contributed by atoms with van der Waals surface area (Å²) < 4.78 is 30.6. The number of anilines is 1. The molecular formula is C39H61N3O10. The number of allylic oxidation sites excluding steroid dienone is 2. The van der Waals surface area contributed by atoms with E-state index >= 15 is 0 Å². The van der Waals surface area contributed by atoms with E-state index in [0.717, 1.165) is 57.8 Å². The maximum atomic E-state index is 13.1. The quantitative estimate of drug-likeness (QED) is 0.0570. The number of nitrogens with zero attached hydrogens (tertiary/aromatic N) is 3. The number of hydrogen-bond donors (Lipinski definition) is 0. The Bertz CT molecular complexity index is 1370. The summed E-state index contributed by atoms with van der Waals surface area (Å²) in [5.74, 6) is -2.36. The van der Waals surface area contributed by atoms with Gasteiger partial charge >= 0.3 is 23.9 Å². The van der Waals surface area contributed by atoms with Gasteiger partial charge in [0.15, 0.2) is 24.5 Å². The Morgan fingerprint density at radius 1 is 0.750 bits per heavy atom. The second kappa shape index (κ2) is 23.0. The van der Waals surface area contributed by atoms with Gasteiger partial charge in [-0.05, 0) is 51.4 Å². The van der Waals surface area contributed by atoms with Crippen molar-refractivity contribution in [2.45, 2.75) is 168 Å². The summed E-state index contributed by atoms with van der Waals surface area (Å²) in [5, 5.41) is 0. The van der Waals surface area contributed by atoms with E-state index in [1.165, 1.54) is 72.3 Å². The maximum absolute atomic E-state index is 13.1. The average molecular weight is 732 g/mol. The first-order valence-corrected chi connectivity index (χ1v) is 19.3. The summed E-state index contributed by atoms with van der Waals surface area (Å²) >= 11 is 0. The zero-order valence-electron chi connectivity index (χ0n) is 32.0. The zero-order valence-corrected chi connectivity index (χ0v) is 32.0. The fourth-order valence-corrected chi connectivity index (χ4v) is 6.93. The van der Waals surface area contributed by atoms with Gasteiger partial charge in [-0.3, -0.25) is 28.5 Å². The average Bonchev–Trinajstić information content (AvgIpc) is 3.62. The van der Waals surface area contributed by atoms with Gasteiger partial charge in [0.1, 0.15) is 12.7 Å². The Morgan fingerprint density at radius 3 is 1.87 bits per heavy atom. The molecule has 0 unspecified atom stereocenters. The van der Waals surface area contributed by atoms with Crippen LogP contribution < -0.4 is 10.5 Å². The normalized spacial score (nSPS) is 21.6. The number of esters is 4. The molecule has 2 fully saturated rings. The Labute approximate surface area is 308 Å². The van der Waals surface area contributed by atoms with Gasteiger partial charge in [-0.15, -0.1) is 0 Å². The van der Waals surface area contributed by atoms with Crippen LogP contribution in [0, 0.1) is 0 Å². The molecule has 3 rings (SSSR count). The molecule has 0 amide bonds. The molecule has 52 heavy (non-hydrogen) atoms. The van der Waals surface area contributed by atoms with Crippen LogP contribution in [0.25, 0.3) is 0 Å². The lowest BCUT2D eigenvalue weighted by atomic mass is 9.96. The largest absolute Gasteiger partial charge is 0.463 e. The predicted molar refractivity (Wildman–Crippen MR) is 196 cm³/mol. The Morgan fingerprint density at radius 2 is 1.29 bits per heavy atom. The van der Waals surface area contributed by atoms with Crippen molar-refractivity contribution in [1.29, 1.82) is 0 Å². The van der Waals surface area contributed by atoms with Gasteiger partial charge in [0.2, 0.25) is 5.95 Å². The molecular weight excluding hydrogens is 670 g/mol. The molecule has 5 atom stereocenters. The molecule has 2 saturated heterocycles. The number of carbonyl (C=O) groups is 4. The van der Waals surface area contributed by atoms with E-state index in [-0.39, 0.29) is 6.61 Å². The summed E-state index contributed by atoms with van der Waals surface area (Å²) in [6.45, 7) is 8.01. The highest BCUT2D eigenvalue weighted by Gasteiger charge is 2.53. The van der Waals surface area contributed by atoms with Crippen LogP contribution in [0.4, 0.5) is 5.95 Å². The molecule has 2 aliphatic rings. The molecule has 3 heterocycles. The first kappa shape index (κ1) is 42.7. The van der Waals surface area contributed by atoms with Crippen LogP contribution >= 0.6 is 0 Å². The van der Waals surface area contributed by atoms with Crippen molar-refractivity contribution in [3.05, 3.63) is 34.3 Å². The van der Waals surface area contributed by atoms with Crippen LogP contribution in [-0.4, -0.2) is 77.5 Å². The molecule has 0 radical (unpaired) electrons. The topological polar surface area (TPSA) is 153 Å². The molecule has 13 heteroatoms. The van der Waals surface area contributed by atoms with Crippen LogP contribution in [0.5, 0.6) is 0 Å². The molecule has 0 saturated carbocycles. The summed E-state index contributed by atoms with van der Waals surface area (Å²) in [6, 6.07) is 1.46. The first-order chi connectivity index (χ1) is 25.0. The standard InChI is InChI=1S/C39H61N3O10/c1-6-7-8-9-10-11-12-13-14-15-16-17-18-19-20-23-32-26-34(47)40-39(41-24-21-22-25-41)42(32)38-37(51-31(5)46)36(50-30(4)45)35(49-29(3)44)33(52-38)27-48-28(2)43/h13-14,26,33,35-38H,6-12,15-25,27H2,1-5H3/t33-,35-,36+,37-,38-/m1/s1. The molecule has 2 aliphatic heterocycles. The molecule has 0 spiro atoms. The van der Waals surface area contributed by atoms with Gasteiger partial charge in [-0.2, -0.15) is 4.98 Å². The van der Waals surface area contributed by atoms with E-state index in [9.17, 15) is 24.0 Å². The third-order valence-corrected chi connectivity index (χ3v) is 9.33. The van der Waals surface area contributed by atoms with E-state index in [1.54, 1.807) is 4.57 Å². The van der Waals surface area contributed by atoms with Crippen molar-refractivity contribution in [1.82, 2.24) is 9.55 Å². The number of aromatic nitrogens is 2. The van der Waals surface area contributed by atoms with Gasteiger partial charge < -0.3 is 28.6 Å². The number of rotatable bonds is 22. The number of unbranched alkanes of at least 4 members (excludes halogenated alkanes) is 11. The summed E-state index contributed by atoms with van der Waals surface area (Å²) in [6.07, 6.45) is 15.8. The number of hydrogen-bond acceptors (Lipinski definition) is 12. The molecule has 0 N–H and O–H groups in total. The minimum atomic E-state index is -1.33. The molecule has 0 bridgehead atoms. The van der Waals surface area contributed by atoms with Gasteiger partial charge in [0.05, 0.1) is 0 Å². The second-order valence-corrected chi connectivity index (χ2v) is 13.9. The molecule has 0 aromatic carbocycles. The second-order valence-electron chi connectivity index (χ2n) is 13.9. The lowest BCUT2D eigenvalue weighted by Gasteiger charge is -2.46. The highest BCUT2D eigenvalue weighted by molar-refractivity contribution is 5.68. The van der Waals surface area contributed by atoms with Gasteiger partial charge in [0, 0.05) is 52.5 Å². The summed E-state index contributed by atoms with van der Waals surface area (Å²) in [4.78, 5) is 68.6. The minimum absolute atomic E-state index is 0.341. The van der Waals surface area contributed by atoms with Crippen molar-refractivity contribution >= 4 is 29.8 Å². The Balaban J connectivity index is 1.82. The SMILES string of the molecule is CCCCCCCCC=CCCCCCCCc1cc(=O)nc(N2CCCC2)n1[C@@H]1O[C@H](COC(C)=O)[C@@H](OC(C)=O)[C@H](OC(C)=O)[C@H]1OC(C)=O. The number of ether oxygens (including phenoxy) is 5. The molecule has 13 nitrogen and oxygen atoms in total. The summed E-state index contributed by atoms with van der Waals surface area (Å²) in [7, 11) is 0. The van der Waals surface area contributed by atoms with Crippen LogP contribution in [0.2, 0.25) is 0 Å². The highest BCUT2D eigenvalue weighted by Crippen LogP contribution is 2.38. The monoisotopic (exact) mass is 731 g/mol. The third kappa shape index (κ3) is 14.4. The minimum Gasteiger partial charge on any atom is -0.463 e. The van der Waals surface area contributed by atoms with Gasteiger partial charge in [0.25, 0.3) is 5.56 Å². The van der Waals surface area contributed by atoms with E-state index < -0.39 is 60.1 Å². The van der Waals surface area contributed by atoms with Crippen LogP contribution in [0.15, 0.2) is 23.0 Å². The summed E-state index contributed by atoms with van der Waals surface area (Å²) in [5.41, 5.74) is 0.201. The predicted octanol–water partition coefficient (Wildman–Crippen LogP) is 6.29. The van der Waals surface area contributed by atoms with Crippen LogP contribution in [-0.2, 0) is 49.3 Å². The van der Waals surface area contributed by atoms with Crippen LogP contribution in [0.1, 0.15) is 143 Å². The maximum Gasteiger partial charge on any atom is 0.303 e. The zero-order chi connectivity index (χ0) is 37.9. The Kier molecular flexibility index (Phi) is 18.9. The molecule has 0 aliphatic carbocycles. The third-order valence-electron chi connectivity index (χ3n) is 9.33. The fraction of sp³-hybridized carbons (Fsp3) is 0.744. The van der Waals surface area contributed by atoms with Crippen molar-refractivity contribution < 1.29 is 42.9 Å². The van der Waals surface area contributed by atoms with E-state index in [1.807, 2.05) is 4.90 Å². The van der Waals surface area contributed by atoms with Gasteiger partial charge in [-0.25, -0.2) is 0 Å². The van der Waals surface area contributed by atoms with E-state index in [0.29, 0.717) is 31.2 Å². The van der Waals surface area contributed by atoms with E-state index in [2.05, 4.69) is 24.1 Å². The first-order valence-electron chi connectivity index (χ1n) is 19.3.